The van der Waals surface area contributed by atoms with E-state index in [1.807, 2.05) is 0 Å². The molecule has 5 nitrogen and oxygen atoms in total. The summed E-state index contributed by atoms with van der Waals surface area (Å²) in [5.41, 5.74) is 6.13. The summed E-state index contributed by atoms with van der Waals surface area (Å²) in [7, 11) is -3.91. The minimum Gasteiger partial charge on any atom is -0.399 e. The second-order valence-electron chi connectivity index (χ2n) is 3.99. The summed E-state index contributed by atoms with van der Waals surface area (Å²) in [6.07, 6.45) is 0. The molecule has 0 saturated heterocycles. The lowest BCUT2D eigenvalue weighted by atomic mass is 10.3. The van der Waals surface area contributed by atoms with Crippen molar-refractivity contribution in [2.75, 3.05) is 10.5 Å². The summed E-state index contributed by atoms with van der Waals surface area (Å²) in [4.78, 5) is 3.77. The standard InChI is InChI=1S/C12H12FN3O2S/c1-8-3-2-4-12(15-8)16-19(17,18)11-6-9(13)5-10(14)7-11/h2-7H,14H2,1H3,(H,15,16). The van der Waals surface area contributed by atoms with Crippen LogP contribution in [0.1, 0.15) is 5.69 Å². The maximum absolute atomic E-state index is 13.2. The molecule has 1 heterocycles. The number of halogens is 1. The molecule has 0 aliphatic carbocycles. The highest BCUT2D eigenvalue weighted by Gasteiger charge is 2.16. The van der Waals surface area contributed by atoms with Gasteiger partial charge in [0.2, 0.25) is 0 Å². The van der Waals surface area contributed by atoms with Crippen LogP contribution in [0.5, 0.6) is 0 Å². The highest BCUT2D eigenvalue weighted by atomic mass is 32.2. The first-order valence-corrected chi connectivity index (χ1v) is 6.88. The molecule has 2 rings (SSSR count). The third-order valence-corrected chi connectivity index (χ3v) is 3.67. The molecule has 0 unspecified atom stereocenters. The van der Waals surface area contributed by atoms with Gasteiger partial charge in [0.25, 0.3) is 10.0 Å². The van der Waals surface area contributed by atoms with Crippen molar-refractivity contribution in [1.29, 1.82) is 0 Å². The third-order valence-electron chi connectivity index (χ3n) is 2.33. The van der Waals surface area contributed by atoms with Crippen LogP contribution in [0.15, 0.2) is 41.3 Å². The van der Waals surface area contributed by atoms with E-state index >= 15 is 0 Å². The number of hydrogen-bond acceptors (Lipinski definition) is 4. The monoisotopic (exact) mass is 281 g/mol. The van der Waals surface area contributed by atoms with Gasteiger partial charge in [0.05, 0.1) is 4.90 Å². The maximum Gasteiger partial charge on any atom is 0.263 e. The van der Waals surface area contributed by atoms with Gasteiger partial charge in [0, 0.05) is 11.4 Å². The van der Waals surface area contributed by atoms with Gasteiger partial charge < -0.3 is 5.73 Å². The molecule has 0 amide bonds. The molecule has 7 heteroatoms. The Labute approximate surface area is 110 Å². The zero-order valence-electron chi connectivity index (χ0n) is 10.1. The van der Waals surface area contributed by atoms with Crippen molar-refractivity contribution in [3.8, 4) is 0 Å². The van der Waals surface area contributed by atoms with E-state index in [9.17, 15) is 12.8 Å². The number of rotatable bonds is 3. The van der Waals surface area contributed by atoms with Crippen LogP contribution in [0, 0.1) is 12.7 Å². The molecular weight excluding hydrogens is 269 g/mol. The van der Waals surface area contributed by atoms with Gasteiger partial charge in [-0.15, -0.1) is 0 Å². The molecule has 3 N–H and O–H groups in total. The van der Waals surface area contributed by atoms with E-state index in [1.54, 1.807) is 19.1 Å². The molecule has 2 aromatic rings. The average Bonchev–Trinajstić information content (AvgIpc) is 2.26. The molecule has 19 heavy (non-hydrogen) atoms. The molecule has 0 aliphatic rings. The molecule has 0 bridgehead atoms. The average molecular weight is 281 g/mol. The molecule has 0 atom stereocenters. The van der Waals surface area contributed by atoms with Crippen LogP contribution in [0.2, 0.25) is 0 Å². The summed E-state index contributed by atoms with van der Waals surface area (Å²) < 4.78 is 39.5. The molecule has 0 spiro atoms. The number of sulfonamides is 1. The van der Waals surface area contributed by atoms with E-state index in [4.69, 9.17) is 5.73 Å². The third kappa shape index (κ3) is 3.19. The molecule has 1 aromatic carbocycles. The van der Waals surface area contributed by atoms with Gasteiger partial charge in [0.1, 0.15) is 11.6 Å². The summed E-state index contributed by atoms with van der Waals surface area (Å²) in [5, 5.41) is 0. The lowest BCUT2D eigenvalue weighted by Crippen LogP contribution is -2.14. The molecule has 1 aromatic heterocycles. The first-order valence-electron chi connectivity index (χ1n) is 5.39. The Morgan fingerprint density at radius 2 is 2.00 bits per heavy atom. The van der Waals surface area contributed by atoms with Crippen molar-refractivity contribution in [1.82, 2.24) is 4.98 Å². The molecule has 0 saturated carbocycles. The summed E-state index contributed by atoms with van der Waals surface area (Å²) in [6.45, 7) is 1.73. The number of nitrogens with zero attached hydrogens (tertiary/aromatic N) is 1. The van der Waals surface area contributed by atoms with Crippen LogP contribution in [-0.4, -0.2) is 13.4 Å². The van der Waals surface area contributed by atoms with E-state index in [2.05, 4.69) is 9.71 Å². The van der Waals surface area contributed by atoms with Gasteiger partial charge in [0.15, 0.2) is 0 Å². The summed E-state index contributed by atoms with van der Waals surface area (Å²) >= 11 is 0. The van der Waals surface area contributed by atoms with Crippen LogP contribution in [-0.2, 0) is 10.0 Å². The number of hydrogen-bond donors (Lipinski definition) is 2. The van der Waals surface area contributed by atoms with Crippen LogP contribution in [0.4, 0.5) is 15.9 Å². The predicted octanol–water partition coefficient (Wildman–Crippen LogP) is 1.91. The zero-order valence-corrected chi connectivity index (χ0v) is 10.9. The first-order chi connectivity index (χ1) is 8.87. The van der Waals surface area contributed by atoms with Gasteiger partial charge in [-0.25, -0.2) is 17.8 Å². The van der Waals surface area contributed by atoms with Crippen molar-refractivity contribution >= 4 is 21.5 Å². The number of nitrogens with two attached hydrogens (primary N) is 1. The Morgan fingerprint density at radius 3 is 2.63 bits per heavy atom. The Balaban J connectivity index is 2.37. The fourth-order valence-corrected chi connectivity index (χ4v) is 2.60. The molecule has 0 aliphatic heterocycles. The quantitative estimate of drug-likeness (QED) is 0.842. The Hall–Kier alpha value is -2.15. The number of aromatic nitrogens is 1. The molecular formula is C12H12FN3O2S. The van der Waals surface area contributed by atoms with Gasteiger partial charge in [-0.1, -0.05) is 6.07 Å². The summed E-state index contributed by atoms with van der Waals surface area (Å²) in [5.74, 6) is -0.541. The number of anilines is 2. The van der Waals surface area contributed by atoms with E-state index in [0.717, 1.165) is 12.1 Å². The van der Waals surface area contributed by atoms with Crippen LogP contribution in [0.25, 0.3) is 0 Å². The maximum atomic E-state index is 13.2. The van der Waals surface area contributed by atoms with Gasteiger partial charge in [-0.2, -0.15) is 0 Å². The SMILES string of the molecule is Cc1cccc(NS(=O)(=O)c2cc(N)cc(F)c2)n1. The second-order valence-corrected chi connectivity index (χ2v) is 5.67. The van der Waals surface area contributed by atoms with Crippen molar-refractivity contribution in [2.45, 2.75) is 11.8 Å². The minimum absolute atomic E-state index is 0.0394. The fraction of sp³-hybridized carbons (Fsp3) is 0.0833. The van der Waals surface area contributed by atoms with Crippen molar-refractivity contribution in [2.24, 2.45) is 0 Å². The van der Waals surface area contributed by atoms with Gasteiger partial charge >= 0.3 is 0 Å². The lowest BCUT2D eigenvalue weighted by Gasteiger charge is -2.08. The predicted molar refractivity (Wildman–Crippen MR) is 70.6 cm³/mol. The Bertz CT molecular complexity index is 696. The largest absolute Gasteiger partial charge is 0.399 e. The van der Waals surface area contributed by atoms with Crippen LogP contribution >= 0.6 is 0 Å². The lowest BCUT2D eigenvalue weighted by molar-refractivity contribution is 0.595. The number of aryl methyl sites for hydroxylation is 1. The number of nitrogens with one attached hydrogen (secondary N) is 1. The zero-order chi connectivity index (χ0) is 14.0. The Morgan fingerprint density at radius 1 is 1.26 bits per heavy atom. The van der Waals surface area contributed by atoms with Crippen molar-refractivity contribution < 1.29 is 12.8 Å². The molecule has 0 radical (unpaired) electrons. The topological polar surface area (TPSA) is 85.1 Å². The highest BCUT2D eigenvalue weighted by Crippen LogP contribution is 2.18. The van der Waals surface area contributed by atoms with E-state index in [1.165, 1.54) is 12.1 Å². The van der Waals surface area contributed by atoms with Gasteiger partial charge in [-0.05, 0) is 37.3 Å². The number of pyridine rings is 1. The Kier molecular flexibility index (Phi) is 3.39. The first kappa shape index (κ1) is 13.3. The number of benzene rings is 1. The molecule has 100 valence electrons. The van der Waals surface area contributed by atoms with E-state index < -0.39 is 15.8 Å². The normalized spacial score (nSPS) is 11.3. The van der Waals surface area contributed by atoms with Crippen molar-refractivity contribution in [3.63, 3.8) is 0 Å². The summed E-state index contributed by atoms with van der Waals surface area (Å²) in [6, 6.07) is 8.03. The van der Waals surface area contributed by atoms with Gasteiger partial charge in [-0.3, -0.25) is 4.72 Å². The smallest absolute Gasteiger partial charge is 0.263 e. The van der Waals surface area contributed by atoms with E-state index in [-0.39, 0.29) is 16.4 Å². The molecule has 0 fully saturated rings. The minimum atomic E-state index is -3.91. The van der Waals surface area contributed by atoms with Crippen LogP contribution in [0.3, 0.4) is 0 Å². The van der Waals surface area contributed by atoms with Crippen LogP contribution < -0.4 is 10.5 Å². The number of nitrogen functional groups attached to an aromatic ring is 1. The van der Waals surface area contributed by atoms with E-state index in [0.29, 0.717) is 5.69 Å². The fourth-order valence-electron chi connectivity index (χ4n) is 1.54. The second kappa shape index (κ2) is 4.85. The van der Waals surface area contributed by atoms with Crippen molar-refractivity contribution in [3.05, 3.63) is 47.9 Å². The highest BCUT2D eigenvalue weighted by molar-refractivity contribution is 7.92.